The molecule has 1 aromatic carbocycles. The minimum atomic E-state index is -3.39. The Bertz CT molecular complexity index is 675. The Hall–Kier alpha value is -1.80. The van der Waals surface area contributed by atoms with Gasteiger partial charge in [0.25, 0.3) is 0 Å². The standard InChI is InChI=1S/C15H23N3O4S/c1-3-9-23(20,21)18-8-4-5-13(18)15(19)17-11-6-7-14(22-2)12(16)10-11/h6-7,10,13H,3-5,8-9,16H2,1-2H3,(H,17,19). The lowest BCUT2D eigenvalue weighted by molar-refractivity contribution is -0.119. The van der Waals surface area contributed by atoms with Crippen LogP contribution in [0.3, 0.4) is 0 Å². The van der Waals surface area contributed by atoms with E-state index in [0.717, 1.165) is 0 Å². The average Bonchev–Trinajstić information content (AvgIpc) is 2.98. The van der Waals surface area contributed by atoms with Crippen LogP contribution in [-0.2, 0) is 14.8 Å². The van der Waals surface area contributed by atoms with Crippen LogP contribution >= 0.6 is 0 Å². The maximum atomic E-state index is 12.5. The van der Waals surface area contributed by atoms with Gasteiger partial charge in [0.05, 0.1) is 18.6 Å². The van der Waals surface area contributed by atoms with E-state index in [0.29, 0.717) is 42.9 Å². The van der Waals surface area contributed by atoms with Gasteiger partial charge in [-0.15, -0.1) is 0 Å². The van der Waals surface area contributed by atoms with Gasteiger partial charge in [-0.1, -0.05) is 6.92 Å². The number of carbonyl (C=O) groups is 1. The second-order valence-electron chi connectivity index (χ2n) is 5.53. The predicted molar refractivity (Wildman–Crippen MR) is 89.8 cm³/mol. The van der Waals surface area contributed by atoms with Crippen LogP contribution in [0.5, 0.6) is 5.75 Å². The predicted octanol–water partition coefficient (Wildman–Crippen LogP) is 1.42. The average molecular weight is 341 g/mol. The third-order valence-electron chi connectivity index (χ3n) is 3.82. The van der Waals surface area contributed by atoms with Crippen molar-refractivity contribution in [2.45, 2.75) is 32.2 Å². The van der Waals surface area contributed by atoms with Crippen molar-refractivity contribution in [3.63, 3.8) is 0 Å². The van der Waals surface area contributed by atoms with Crippen molar-refractivity contribution < 1.29 is 17.9 Å². The molecular weight excluding hydrogens is 318 g/mol. The maximum absolute atomic E-state index is 12.5. The van der Waals surface area contributed by atoms with Gasteiger partial charge in [0.15, 0.2) is 0 Å². The van der Waals surface area contributed by atoms with E-state index >= 15 is 0 Å². The Morgan fingerprint density at radius 3 is 2.83 bits per heavy atom. The van der Waals surface area contributed by atoms with Crippen LogP contribution in [0.15, 0.2) is 18.2 Å². The van der Waals surface area contributed by atoms with E-state index in [9.17, 15) is 13.2 Å². The largest absolute Gasteiger partial charge is 0.495 e. The van der Waals surface area contributed by atoms with Crippen molar-refractivity contribution in [2.75, 3.05) is 30.5 Å². The number of nitrogens with one attached hydrogen (secondary N) is 1. The molecule has 1 aliphatic rings. The number of ether oxygens (including phenoxy) is 1. The smallest absolute Gasteiger partial charge is 0.242 e. The summed E-state index contributed by atoms with van der Waals surface area (Å²) in [5, 5.41) is 2.74. The molecule has 3 N–H and O–H groups in total. The number of hydrogen-bond acceptors (Lipinski definition) is 5. The molecule has 1 aliphatic heterocycles. The summed E-state index contributed by atoms with van der Waals surface area (Å²) < 4.78 is 30.9. The number of carbonyl (C=O) groups excluding carboxylic acids is 1. The number of nitrogens with two attached hydrogens (primary N) is 1. The van der Waals surface area contributed by atoms with Gasteiger partial charge in [-0.05, 0) is 37.5 Å². The quantitative estimate of drug-likeness (QED) is 0.762. The highest BCUT2D eigenvalue weighted by atomic mass is 32.2. The lowest BCUT2D eigenvalue weighted by Crippen LogP contribution is -2.44. The first kappa shape index (κ1) is 17.6. The number of rotatable bonds is 6. The topological polar surface area (TPSA) is 102 Å². The van der Waals surface area contributed by atoms with Crippen molar-refractivity contribution >= 4 is 27.3 Å². The minimum Gasteiger partial charge on any atom is -0.495 e. The minimum absolute atomic E-state index is 0.0618. The fraction of sp³-hybridized carbons (Fsp3) is 0.533. The highest BCUT2D eigenvalue weighted by molar-refractivity contribution is 7.89. The molecule has 0 spiro atoms. The fourth-order valence-electron chi connectivity index (χ4n) is 2.75. The molecule has 2 rings (SSSR count). The molecule has 0 bridgehead atoms. The van der Waals surface area contributed by atoms with E-state index in [4.69, 9.17) is 10.5 Å². The van der Waals surface area contributed by atoms with Crippen LogP contribution in [0.4, 0.5) is 11.4 Å². The van der Waals surface area contributed by atoms with Gasteiger partial charge in [-0.2, -0.15) is 4.31 Å². The van der Waals surface area contributed by atoms with Gasteiger partial charge in [0.1, 0.15) is 11.8 Å². The molecule has 7 nitrogen and oxygen atoms in total. The number of nitrogen functional groups attached to an aromatic ring is 1. The van der Waals surface area contributed by atoms with Crippen molar-refractivity contribution in [3.8, 4) is 5.75 Å². The first-order valence-corrected chi connectivity index (χ1v) is 9.24. The molecule has 1 atom stereocenters. The van der Waals surface area contributed by atoms with E-state index in [1.165, 1.54) is 11.4 Å². The van der Waals surface area contributed by atoms with E-state index in [-0.39, 0.29) is 11.7 Å². The van der Waals surface area contributed by atoms with Crippen LogP contribution in [0.25, 0.3) is 0 Å². The Morgan fingerprint density at radius 1 is 1.48 bits per heavy atom. The summed E-state index contributed by atoms with van der Waals surface area (Å²) in [5.41, 5.74) is 6.75. The Morgan fingerprint density at radius 2 is 2.22 bits per heavy atom. The lowest BCUT2D eigenvalue weighted by Gasteiger charge is -2.23. The Balaban J connectivity index is 2.12. The zero-order valence-corrected chi connectivity index (χ0v) is 14.2. The summed E-state index contributed by atoms with van der Waals surface area (Å²) in [6, 6.07) is 4.27. The van der Waals surface area contributed by atoms with E-state index in [2.05, 4.69) is 5.32 Å². The van der Waals surface area contributed by atoms with Crippen LogP contribution in [0.2, 0.25) is 0 Å². The van der Waals surface area contributed by atoms with Crippen molar-refractivity contribution in [1.29, 1.82) is 0 Å². The number of amides is 1. The van der Waals surface area contributed by atoms with Gasteiger partial charge in [-0.25, -0.2) is 8.42 Å². The molecule has 1 fully saturated rings. The van der Waals surface area contributed by atoms with Crippen molar-refractivity contribution in [1.82, 2.24) is 4.31 Å². The van der Waals surface area contributed by atoms with Gasteiger partial charge in [0, 0.05) is 12.2 Å². The lowest BCUT2D eigenvalue weighted by atomic mass is 10.2. The zero-order chi connectivity index (χ0) is 17.0. The van der Waals surface area contributed by atoms with E-state index < -0.39 is 16.1 Å². The molecule has 0 saturated carbocycles. The maximum Gasteiger partial charge on any atom is 0.242 e. The summed E-state index contributed by atoms with van der Waals surface area (Å²) >= 11 is 0. The molecule has 1 saturated heterocycles. The number of nitrogens with zero attached hydrogens (tertiary/aromatic N) is 1. The molecular formula is C15H23N3O4S. The Labute approximate surface area is 136 Å². The number of hydrogen-bond donors (Lipinski definition) is 2. The Kier molecular flexibility index (Phi) is 5.48. The monoisotopic (exact) mass is 341 g/mol. The summed E-state index contributed by atoms with van der Waals surface area (Å²) in [4.78, 5) is 12.5. The number of sulfonamides is 1. The van der Waals surface area contributed by atoms with Crippen LogP contribution < -0.4 is 15.8 Å². The molecule has 1 unspecified atom stereocenters. The first-order valence-electron chi connectivity index (χ1n) is 7.63. The summed E-state index contributed by atoms with van der Waals surface area (Å²) in [6.07, 6.45) is 1.74. The highest BCUT2D eigenvalue weighted by Gasteiger charge is 2.38. The zero-order valence-electron chi connectivity index (χ0n) is 13.4. The fourth-order valence-corrected chi connectivity index (χ4v) is 4.49. The first-order chi connectivity index (χ1) is 10.9. The second-order valence-corrected chi connectivity index (χ2v) is 7.57. The van der Waals surface area contributed by atoms with Gasteiger partial charge >= 0.3 is 0 Å². The normalized spacial score (nSPS) is 18.8. The van der Waals surface area contributed by atoms with Crippen molar-refractivity contribution in [2.24, 2.45) is 0 Å². The molecule has 23 heavy (non-hydrogen) atoms. The van der Waals surface area contributed by atoms with Crippen LogP contribution in [0, 0.1) is 0 Å². The summed E-state index contributed by atoms with van der Waals surface area (Å²) in [6.45, 7) is 2.20. The summed E-state index contributed by atoms with van der Waals surface area (Å²) in [7, 11) is -1.87. The van der Waals surface area contributed by atoms with Crippen molar-refractivity contribution in [3.05, 3.63) is 18.2 Å². The van der Waals surface area contributed by atoms with Gasteiger partial charge in [0.2, 0.25) is 15.9 Å². The molecule has 1 aromatic rings. The van der Waals surface area contributed by atoms with Gasteiger partial charge in [-0.3, -0.25) is 4.79 Å². The molecule has 0 radical (unpaired) electrons. The third kappa shape index (κ3) is 3.94. The molecule has 0 aromatic heterocycles. The van der Waals surface area contributed by atoms with Crippen LogP contribution in [-0.4, -0.2) is 44.1 Å². The number of anilines is 2. The SMILES string of the molecule is CCCS(=O)(=O)N1CCCC1C(=O)Nc1ccc(OC)c(N)c1. The molecule has 128 valence electrons. The van der Waals surface area contributed by atoms with Crippen LogP contribution in [0.1, 0.15) is 26.2 Å². The molecule has 1 amide bonds. The number of methoxy groups -OCH3 is 1. The van der Waals surface area contributed by atoms with Gasteiger partial charge < -0.3 is 15.8 Å². The van der Waals surface area contributed by atoms with E-state index in [1.807, 2.05) is 6.92 Å². The highest BCUT2D eigenvalue weighted by Crippen LogP contribution is 2.26. The third-order valence-corrected chi connectivity index (χ3v) is 5.90. The second kappa shape index (κ2) is 7.18. The summed E-state index contributed by atoms with van der Waals surface area (Å²) in [5.74, 6) is 0.259. The number of benzene rings is 1. The van der Waals surface area contributed by atoms with E-state index in [1.54, 1.807) is 18.2 Å². The molecule has 1 heterocycles. The molecule has 8 heteroatoms. The molecule has 0 aliphatic carbocycles.